The fraction of sp³-hybridized carbons (Fsp3) is 0.692. The van der Waals surface area contributed by atoms with Crippen molar-refractivity contribution >= 4 is 46.6 Å². The molecule has 168 valence electrons. The van der Waals surface area contributed by atoms with Gasteiger partial charge < -0.3 is 0 Å². The van der Waals surface area contributed by atoms with Crippen molar-refractivity contribution in [2.24, 2.45) is 0 Å². The van der Waals surface area contributed by atoms with E-state index in [-0.39, 0.29) is 23.9 Å². The third kappa shape index (κ3) is 22.7. The van der Waals surface area contributed by atoms with Gasteiger partial charge in [-0.1, -0.05) is 112 Å². The molecule has 0 saturated heterocycles. The average Bonchev–Trinajstić information content (AvgIpc) is 3.43. The van der Waals surface area contributed by atoms with Crippen LogP contribution < -0.4 is 0 Å². The smallest absolute Gasteiger partial charge is 0.0445 e. The van der Waals surface area contributed by atoms with E-state index in [0.29, 0.717) is 0 Å². The molecule has 0 nitrogen and oxygen atoms in total. The van der Waals surface area contributed by atoms with E-state index in [2.05, 4.69) is 78.1 Å². The minimum atomic E-state index is 0. The summed E-state index contributed by atoms with van der Waals surface area (Å²) >= 11 is 3.79. The maximum Gasteiger partial charge on any atom is 0.0445 e. The molecule has 0 bridgehead atoms. The molecule has 0 aliphatic heterocycles. The summed E-state index contributed by atoms with van der Waals surface area (Å²) in [5.74, 6) is 0. The molecule has 2 heterocycles. The molecule has 2 rings (SSSR count). The Labute approximate surface area is 208 Å². The molecule has 0 saturated carbocycles. The SMILES string of the molecule is CCCC.CCCC.CCCC.CCCCCCc1ccc(-c2cccs2)s1.[Sn]. The van der Waals surface area contributed by atoms with Crippen molar-refractivity contribution in [3.8, 4) is 9.75 Å². The molecule has 0 unspecified atom stereocenters. The van der Waals surface area contributed by atoms with Gasteiger partial charge in [0.15, 0.2) is 0 Å². The van der Waals surface area contributed by atoms with E-state index in [4.69, 9.17) is 0 Å². The van der Waals surface area contributed by atoms with E-state index in [9.17, 15) is 0 Å². The zero-order valence-electron chi connectivity index (χ0n) is 20.5. The van der Waals surface area contributed by atoms with Gasteiger partial charge in [-0.05, 0) is 36.4 Å². The number of thiophene rings is 2. The Morgan fingerprint density at radius 3 is 1.55 bits per heavy atom. The Morgan fingerprint density at radius 1 is 0.586 bits per heavy atom. The molecule has 0 fully saturated rings. The van der Waals surface area contributed by atoms with Gasteiger partial charge in [0.25, 0.3) is 0 Å². The Morgan fingerprint density at radius 2 is 1.14 bits per heavy atom. The van der Waals surface area contributed by atoms with Crippen LogP contribution in [0.1, 0.15) is 118 Å². The molecular weight excluding hydrogens is 495 g/mol. The van der Waals surface area contributed by atoms with Crippen molar-refractivity contribution in [3.63, 3.8) is 0 Å². The van der Waals surface area contributed by atoms with Crippen molar-refractivity contribution in [2.45, 2.75) is 119 Å². The van der Waals surface area contributed by atoms with E-state index in [1.165, 1.54) is 80.4 Å². The Bertz CT molecular complexity index is 473. The van der Waals surface area contributed by atoms with Gasteiger partial charge in [-0.15, -0.1) is 22.7 Å². The molecule has 0 N–H and O–H groups in total. The van der Waals surface area contributed by atoms with E-state index < -0.39 is 0 Å². The molecule has 0 spiro atoms. The van der Waals surface area contributed by atoms with Crippen molar-refractivity contribution < 1.29 is 0 Å². The van der Waals surface area contributed by atoms with Gasteiger partial charge in [-0.2, -0.15) is 0 Å². The van der Waals surface area contributed by atoms with E-state index >= 15 is 0 Å². The summed E-state index contributed by atoms with van der Waals surface area (Å²) in [6.07, 6.45) is 14.6. The second kappa shape index (κ2) is 28.2. The minimum absolute atomic E-state index is 0. The fourth-order valence-corrected chi connectivity index (χ4v) is 3.67. The summed E-state index contributed by atoms with van der Waals surface area (Å²) < 4.78 is 0. The summed E-state index contributed by atoms with van der Waals surface area (Å²) in [5, 5.41) is 2.15. The molecule has 0 amide bonds. The quantitative estimate of drug-likeness (QED) is 0.218. The van der Waals surface area contributed by atoms with E-state index in [1.807, 2.05) is 22.7 Å². The summed E-state index contributed by atoms with van der Waals surface area (Å²) in [5.41, 5.74) is 0. The summed E-state index contributed by atoms with van der Waals surface area (Å²) in [4.78, 5) is 4.38. The van der Waals surface area contributed by atoms with Crippen LogP contribution in [-0.4, -0.2) is 23.9 Å². The third-order valence-corrected chi connectivity index (χ3v) is 6.41. The maximum absolute atomic E-state index is 2.30. The van der Waals surface area contributed by atoms with Gasteiger partial charge >= 0.3 is 0 Å². The fourth-order valence-electron chi connectivity index (χ4n) is 1.79. The first-order valence-electron chi connectivity index (χ1n) is 11.8. The van der Waals surface area contributed by atoms with Crippen molar-refractivity contribution in [1.29, 1.82) is 0 Å². The molecule has 0 aliphatic rings. The zero-order valence-corrected chi connectivity index (χ0v) is 25.0. The van der Waals surface area contributed by atoms with Gasteiger partial charge in [0.05, 0.1) is 0 Å². The van der Waals surface area contributed by atoms with Crippen LogP contribution in [0, 0.1) is 0 Å². The third-order valence-electron chi connectivity index (χ3n) is 4.20. The monoisotopic (exact) mass is 544 g/mol. The first kappa shape index (κ1) is 33.8. The van der Waals surface area contributed by atoms with Crippen LogP contribution in [0.2, 0.25) is 0 Å². The van der Waals surface area contributed by atoms with Crippen LogP contribution in [0.4, 0.5) is 0 Å². The Hall–Kier alpha value is 0.199. The minimum Gasteiger partial charge on any atom is -0.143 e. The maximum atomic E-state index is 2.30. The standard InChI is InChI=1S/C14H18S2.3C4H10.Sn/c1-2-3-4-5-7-12-9-10-14(16-12)13-8-6-11-15-13;3*1-3-4-2;/h6,8-11H,2-5,7H2,1H3;3*3-4H2,1-2H3;. The second-order valence-corrected chi connectivity index (χ2v) is 9.17. The van der Waals surface area contributed by atoms with Crippen LogP contribution in [0.3, 0.4) is 0 Å². The summed E-state index contributed by atoms with van der Waals surface area (Å²) in [6, 6.07) is 8.90. The predicted octanol–water partition coefficient (Wildman–Crippen LogP) is 10.6. The topological polar surface area (TPSA) is 0 Å². The number of rotatable bonds is 9. The van der Waals surface area contributed by atoms with E-state index in [0.717, 1.165) is 0 Å². The molecular formula is C26H48S2Sn. The molecule has 2 aromatic heterocycles. The summed E-state index contributed by atoms with van der Waals surface area (Å²) in [7, 11) is 0. The van der Waals surface area contributed by atoms with Gasteiger partial charge in [0.2, 0.25) is 0 Å². The zero-order chi connectivity index (χ0) is 21.5. The molecule has 0 aliphatic carbocycles. The van der Waals surface area contributed by atoms with Gasteiger partial charge in [0.1, 0.15) is 0 Å². The molecule has 29 heavy (non-hydrogen) atoms. The number of hydrogen-bond acceptors (Lipinski definition) is 2. The van der Waals surface area contributed by atoms with Crippen molar-refractivity contribution in [3.05, 3.63) is 34.5 Å². The van der Waals surface area contributed by atoms with Crippen LogP contribution in [0.5, 0.6) is 0 Å². The van der Waals surface area contributed by atoms with Gasteiger partial charge in [-0.25, -0.2) is 0 Å². The second-order valence-electron chi connectivity index (χ2n) is 7.05. The average molecular weight is 544 g/mol. The van der Waals surface area contributed by atoms with Crippen LogP contribution in [0.25, 0.3) is 9.75 Å². The van der Waals surface area contributed by atoms with Crippen molar-refractivity contribution in [2.75, 3.05) is 0 Å². The number of aryl methyl sites for hydroxylation is 1. The molecule has 0 atom stereocenters. The molecule has 4 radical (unpaired) electrons. The largest absolute Gasteiger partial charge is 0.143 e. The number of unbranched alkanes of at least 4 members (excludes halogenated alkanes) is 6. The molecule has 2 aromatic rings. The normalized spacial score (nSPS) is 9.07. The molecule has 0 aromatic carbocycles. The van der Waals surface area contributed by atoms with Gasteiger partial charge in [-0.3, -0.25) is 0 Å². The van der Waals surface area contributed by atoms with E-state index in [1.54, 1.807) is 4.88 Å². The van der Waals surface area contributed by atoms with Crippen LogP contribution >= 0.6 is 22.7 Å². The molecule has 3 heteroatoms. The predicted molar refractivity (Wildman–Crippen MR) is 143 cm³/mol. The van der Waals surface area contributed by atoms with Crippen LogP contribution in [-0.2, 0) is 6.42 Å². The van der Waals surface area contributed by atoms with Gasteiger partial charge in [0, 0.05) is 38.5 Å². The number of hydrogen-bond donors (Lipinski definition) is 0. The van der Waals surface area contributed by atoms with Crippen molar-refractivity contribution in [1.82, 2.24) is 0 Å². The first-order valence-corrected chi connectivity index (χ1v) is 13.5. The Balaban J connectivity index is -0.000000434. The Kier molecular flexibility index (Phi) is 32.9. The van der Waals surface area contributed by atoms with Crippen LogP contribution in [0.15, 0.2) is 29.6 Å². The first-order chi connectivity index (χ1) is 13.6. The summed E-state index contributed by atoms with van der Waals surface area (Å²) in [6.45, 7) is 15.3.